The normalized spacial score (nSPS) is 12.8. The number of carbonyl (C=O) groups excluding carboxylic acids is 3. The van der Waals surface area contributed by atoms with Gasteiger partial charge >= 0.3 is 0 Å². The zero-order valence-electron chi connectivity index (χ0n) is 15.9. The molecule has 6 heteroatoms. The Bertz CT molecular complexity index is 864. The first-order chi connectivity index (χ1) is 13.6. The Labute approximate surface area is 164 Å². The number of hydrogen-bond donors (Lipinski definition) is 1. The van der Waals surface area contributed by atoms with E-state index in [0.29, 0.717) is 42.8 Å². The Kier molecular flexibility index (Phi) is 6.42. The second-order valence-electron chi connectivity index (χ2n) is 6.65. The number of nitrogens with zero attached hydrogens (tertiary/aromatic N) is 1. The van der Waals surface area contributed by atoms with Gasteiger partial charge in [0.25, 0.3) is 17.7 Å². The maximum Gasteiger partial charge on any atom is 0.261 e. The number of unbranched alkanes of at least 4 members (excludes halogenated alkanes) is 1. The van der Waals surface area contributed by atoms with Crippen molar-refractivity contribution >= 4 is 17.7 Å². The van der Waals surface area contributed by atoms with Crippen molar-refractivity contribution in [2.45, 2.75) is 26.2 Å². The van der Waals surface area contributed by atoms with E-state index in [1.807, 2.05) is 37.3 Å². The van der Waals surface area contributed by atoms with Crippen LogP contribution < -0.4 is 10.1 Å². The van der Waals surface area contributed by atoms with Gasteiger partial charge in [0.1, 0.15) is 5.75 Å². The van der Waals surface area contributed by atoms with E-state index in [0.717, 1.165) is 18.6 Å². The molecule has 0 aliphatic carbocycles. The van der Waals surface area contributed by atoms with E-state index in [4.69, 9.17) is 4.74 Å². The number of nitrogens with one attached hydrogen (secondary N) is 1. The lowest BCUT2D eigenvalue weighted by Gasteiger charge is -2.12. The molecular formula is C22H24N2O4. The highest BCUT2D eigenvalue weighted by molar-refractivity contribution is 6.22. The highest BCUT2D eigenvalue weighted by atomic mass is 16.5. The van der Waals surface area contributed by atoms with Crippen LogP contribution in [0.15, 0.2) is 48.5 Å². The monoisotopic (exact) mass is 380 g/mol. The van der Waals surface area contributed by atoms with Gasteiger partial charge in [0.05, 0.1) is 17.7 Å². The Balaban J connectivity index is 1.52. The summed E-state index contributed by atoms with van der Waals surface area (Å²) in [5.74, 6) is -0.0733. The summed E-state index contributed by atoms with van der Waals surface area (Å²) < 4.78 is 5.58. The van der Waals surface area contributed by atoms with Crippen LogP contribution in [0, 0.1) is 0 Å². The third kappa shape index (κ3) is 4.39. The molecule has 28 heavy (non-hydrogen) atoms. The molecule has 1 aliphatic heterocycles. The average Bonchev–Trinajstić information content (AvgIpc) is 2.96. The number of hydrogen-bond acceptors (Lipinski definition) is 4. The standard InChI is InChI=1S/C22H24N2O4/c1-2-3-13-24-21(26)18-11-10-16(15-19(18)22(24)27)20(25)23-12-7-14-28-17-8-5-4-6-9-17/h4-6,8-11,15H,2-3,7,12-14H2,1H3,(H,23,25). The molecule has 0 atom stereocenters. The summed E-state index contributed by atoms with van der Waals surface area (Å²) >= 11 is 0. The van der Waals surface area contributed by atoms with Gasteiger partial charge in [0.15, 0.2) is 0 Å². The van der Waals surface area contributed by atoms with Crippen LogP contribution in [0.25, 0.3) is 0 Å². The van der Waals surface area contributed by atoms with Crippen LogP contribution in [0.3, 0.4) is 0 Å². The fraction of sp³-hybridized carbons (Fsp3) is 0.318. The van der Waals surface area contributed by atoms with Crippen LogP contribution in [-0.4, -0.2) is 42.3 Å². The molecule has 0 aromatic heterocycles. The van der Waals surface area contributed by atoms with E-state index in [1.165, 1.54) is 11.0 Å². The van der Waals surface area contributed by atoms with Crippen LogP contribution in [-0.2, 0) is 0 Å². The molecule has 1 N–H and O–H groups in total. The van der Waals surface area contributed by atoms with Gasteiger partial charge in [0.2, 0.25) is 0 Å². The lowest BCUT2D eigenvalue weighted by molar-refractivity contribution is 0.0652. The maximum absolute atomic E-state index is 12.5. The summed E-state index contributed by atoms with van der Waals surface area (Å²) in [6.45, 7) is 3.36. The van der Waals surface area contributed by atoms with E-state index >= 15 is 0 Å². The van der Waals surface area contributed by atoms with E-state index < -0.39 is 0 Å². The van der Waals surface area contributed by atoms with Crippen LogP contribution >= 0.6 is 0 Å². The quantitative estimate of drug-likeness (QED) is 0.535. The smallest absolute Gasteiger partial charge is 0.261 e. The lowest BCUT2D eigenvalue weighted by atomic mass is 10.1. The fourth-order valence-electron chi connectivity index (χ4n) is 3.03. The summed E-state index contributed by atoms with van der Waals surface area (Å²) in [5, 5.41) is 2.82. The summed E-state index contributed by atoms with van der Waals surface area (Å²) in [5.41, 5.74) is 1.05. The SMILES string of the molecule is CCCCN1C(=O)c2ccc(C(=O)NCCCOc3ccccc3)cc2C1=O. The second kappa shape index (κ2) is 9.17. The molecule has 1 aliphatic rings. The summed E-state index contributed by atoms with van der Waals surface area (Å²) in [6.07, 6.45) is 2.33. The molecule has 0 radical (unpaired) electrons. The van der Waals surface area contributed by atoms with Gasteiger partial charge < -0.3 is 10.1 Å². The Hall–Kier alpha value is -3.15. The van der Waals surface area contributed by atoms with Gasteiger partial charge in [0, 0.05) is 18.7 Å². The number of amides is 3. The highest BCUT2D eigenvalue weighted by Crippen LogP contribution is 2.24. The van der Waals surface area contributed by atoms with Crippen molar-refractivity contribution in [2.75, 3.05) is 19.7 Å². The van der Waals surface area contributed by atoms with Crippen molar-refractivity contribution < 1.29 is 19.1 Å². The lowest BCUT2D eigenvalue weighted by Crippen LogP contribution is -2.30. The average molecular weight is 380 g/mol. The first kappa shape index (κ1) is 19.6. The molecule has 3 rings (SSSR count). The predicted molar refractivity (Wildman–Crippen MR) is 106 cm³/mol. The fourth-order valence-corrected chi connectivity index (χ4v) is 3.03. The van der Waals surface area contributed by atoms with Crippen LogP contribution in [0.5, 0.6) is 5.75 Å². The molecule has 1 heterocycles. The largest absolute Gasteiger partial charge is 0.494 e. The Morgan fingerprint density at radius 3 is 2.50 bits per heavy atom. The molecule has 0 bridgehead atoms. The zero-order chi connectivity index (χ0) is 19.9. The van der Waals surface area contributed by atoms with Gasteiger partial charge in [-0.25, -0.2) is 0 Å². The van der Waals surface area contributed by atoms with E-state index in [2.05, 4.69) is 5.32 Å². The Morgan fingerprint density at radius 1 is 1.00 bits per heavy atom. The van der Waals surface area contributed by atoms with Crippen LogP contribution in [0.4, 0.5) is 0 Å². The van der Waals surface area contributed by atoms with Gasteiger partial charge in [-0.2, -0.15) is 0 Å². The molecule has 0 spiro atoms. The molecule has 3 amide bonds. The van der Waals surface area contributed by atoms with Crippen molar-refractivity contribution in [1.29, 1.82) is 0 Å². The highest BCUT2D eigenvalue weighted by Gasteiger charge is 2.35. The summed E-state index contributed by atoms with van der Waals surface area (Å²) in [7, 11) is 0. The van der Waals surface area contributed by atoms with Gasteiger partial charge in [-0.05, 0) is 43.2 Å². The van der Waals surface area contributed by atoms with Crippen molar-refractivity contribution in [1.82, 2.24) is 10.2 Å². The summed E-state index contributed by atoms with van der Waals surface area (Å²) in [4.78, 5) is 38.4. The van der Waals surface area contributed by atoms with E-state index in [1.54, 1.807) is 12.1 Å². The topological polar surface area (TPSA) is 75.7 Å². The van der Waals surface area contributed by atoms with Crippen LogP contribution in [0.2, 0.25) is 0 Å². The molecular weight excluding hydrogens is 356 g/mol. The second-order valence-corrected chi connectivity index (χ2v) is 6.65. The maximum atomic E-state index is 12.5. The molecule has 6 nitrogen and oxygen atoms in total. The minimum atomic E-state index is -0.320. The van der Waals surface area contributed by atoms with Crippen molar-refractivity contribution in [3.8, 4) is 5.75 Å². The van der Waals surface area contributed by atoms with Crippen molar-refractivity contribution in [2.24, 2.45) is 0 Å². The molecule has 146 valence electrons. The van der Waals surface area contributed by atoms with Crippen molar-refractivity contribution in [3.63, 3.8) is 0 Å². The van der Waals surface area contributed by atoms with E-state index in [-0.39, 0.29) is 17.7 Å². The number of para-hydroxylation sites is 1. The molecule has 2 aromatic carbocycles. The van der Waals surface area contributed by atoms with Crippen LogP contribution in [0.1, 0.15) is 57.3 Å². The van der Waals surface area contributed by atoms with Gasteiger partial charge in [-0.3, -0.25) is 19.3 Å². The number of rotatable bonds is 9. The predicted octanol–water partition coefficient (Wildman–Crippen LogP) is 3.28. The Morgan fingerprint density at radius 2 is 1.75 bits per heavy atom. The number of imide groups is 1. The summed E-state index contributed by atoms with van der Waals surface area (Å²) in [6, 6.07) is 14.2. The van der Waals surface area contributed by atoms with Crippen molar-refractivity contribution in [3.05, 3.63) is 65.2 Å². The zero-order valence-corrected chi connectivity index (χ0v) is 15.9. The van der Waals surface area contributed by atoms with Gasteiger partial charge in [-0.15, -0.1) is 0 Å². The third-order valence-corrected chi connectivity index (χ3v) is 4.59. The minimum Gasteiger partial charge on any atom is -0.494 e. The minimum absolute atomic E-state index is 0.269. The first-order valence-electron chi connectivity index (χ1n) is 9.58. The number of fused-ring (bicyclic) bond motifs is 1. The molecule has 0 saturated heterocycles. The number of ether oxygens (including phenoxy) is 1. The molecule has 0 unspecified atom stereocenters. The van der Waals surface area contributed by atoms with Gasteiger partial charge in [-0.1, -0.05) is 31.5 Å². The third-order valence-electron chi connectivity index (χ3n) is 4.59. The van der Waals surface area contributed by atoms with E-state index in [9.17, 15) is 14.4 Å². The number of benzene rings is 2. The molecule has 0 fully saturated rings. The molecule has 2 aromatic rings. The molecule has 0 saturated carbocycles. The number of carbonyl (C=O) groups is 3. The first-order valence-corrected chi connectivity index (χ1v) is 9.58.